The molecular formula is C13H19NO. The average Bonchev–Trinajstić information content (AvgIpc) is 2.15. The van der Waals surface area contributed by atoms with Crippen molar-refractivity contribution in [2.24, 2.45) is 11.1 Å². The van der Waals surface area contributed by atoms with E-state index in [0.717, 1.165) is 18.6 Å². The molecule has 0 amide bonds. The van der Waals surface area contributed by atoms with Gasteiger partial charge in [0.1, 0.15) is 5.75 Å². The SMILES string of the molecule is COc1ccc2c(c1)C(N)CC(C)(C)C2. The molecule has 2 rings (SSSR count). The van der Waals surface area contributed by atoms with Gasteiger partial charge in [-0.15, -0.1) is 0 Å². The van der Waals surface area contributed by atoms with Crippen molar-refractivity contribution in [1.29, 1.82) is 0 Å². The van der Waals surface area contributed by atoms with E-state index < -0.39 is 0 Å². The summed E-state index contributed by atoms with van der Waals surface area (Å²) >= 11 is 0. The highest BCUT2D eigenvalue weighted by atomic mass is 16.5. The number of hydrogen-bond donors (Lipinski definition) is 1. The predicted molar refractivity (Wildman–Crippen MR) is 62.0 cm³/mol. The Morgan fingerprint density at radius 1 is 1.40 bits per heavy atom. The van der Waals surface area contributed by atoms with Crippen molar-refractivity contribution in [3.8, 4) is 5.75 Å². The number of rotatable bonds is 1. The molecule has 0 spiro atoms. The van der Waals surface area contributed by atoms with Gasteiger partial charge in [0.2, 0.25) is 0 Å². The van der Waals surface area contributed by atoms with E-state index in [1.807, 2.05) is 6.07 Å². The van der Waals surface area contributed by atoms with Crippen LogP contribution in [0.15, 0.2) is 18.2 Å². The standard InChI is InChI=1S/C13H19NO/c1-13(2)7-9-4-5-10(15-3)6-11(9)12(14)8-13/h4-6,12H,7-8,14H2,1-3H3. The highest BCUT2D eigenvalue weighted by molar-refractivity contribution is 5.39. The molecule has 2 N–H and O–H groups in total. The lowest BCUT2D eigenvalue weighted by atomic mass is 9.72. The Balaban J connectivity index is 2.41. The number of methoxy groups -OCH3 is 1. The van der Waals surface area contributed by atoms with Gasteiger partial charge in [-0.2, -0.15) is 0 Å². The second-order valence-electron chi connectivity index (χ2n) is 5.22. The largest absolute Gasteiger partial charge is 0.497 e. The topological polar surface area (TPSA) is 35.2 Å². The van der Waals surface area contributed by atoms with E-state index in [9.17, 15) is 0 Å². The van der Waals surface area contributed by atoms with Gasteiger partial charge in [-0.05, 0) is 41.5 Å². The predicted octanol–water partition coefficient (Wildman–Crippen LogP) is 2.67. The van der Waals surface area contributed by atoms with E-state index in [0.29, 0.717) is 5.41 Å². The maximum Gasteiger partial charge on any atom is 0.119 e. The van der Waals surface area contributed by atoms with Crippen LogP contribution in [0.1, 0.15) is 37.4 Å². The zero-order valence-corrected chi connectivity index (χ0v) is 9.71. The van der Waals surface area contributed by atoms with Crippen LogP contribution < -0.4 is 10.5 Å². The first-order valence-electron chi connectivity index (χ1n) is 5.44. The lowest BCUT2D eigenvalue weighted by molar-refractivity contribution is 0.282. The van der Waals surface area contributed by atoms with Crippen molar-refractivity contribution in [3.63, 3.8) is 0 Å². The summed E-state index contributed by atoms with van der Waals surface area (Å²) in [7, 11) is 1.69. The number of hydrogen-bond acceptors (Lipinski definition) is 2. The molecule has 1 aromatic carbocycles. The van der Waals surface area contributed by atoms with E-state index in [1.165, 1.54) is 11.1 Å². The van der Waals surface area contributed by atoms with Crippen molar-refractivity contribution in [2.75, 3.05) is 7.11 Å². The molecule has 1 aromatic rings. The number of fused-ring (bicyclic) bond motifs is 1. The van der Waals surface area contributed by atoms with Crippen molar-refractivity contribution < 1.29 is 4.74 Å². The molecule has 0 heterocycles. The Bertz CT molecular complexity index is 371. The molecule has 0 saturated heterocycles. The third-order valence-corrected chi connectivity index (χ3v) is 3.19. The molecule has 1 atom stereocenters. The van der Waals surface area contributed by atoms with Crippen LogP contribution in [0.25, 0.3) is 0 Å². The van der Waals surface area contributed by atoms with Crippen molar-refractivity contribution >= 4 is 0 Å². The van der Waals surface area contributed by atoms with Gasteiger partial charge in [0.05, 0.1) is 7.11 Å². The third kappa shape index (κ3) is 2.00. The first-order chi connectivity index (χ1) is 7.02. The van der Waals surface area contributed by atoms with Crippen LogP contribution in [0.5, 0.6) is 5.75 Å². The molecule has 0 aliphatic heterocycles. The first kappa shape index (κ1) is 10.5. The van der Waals surface area contributed by atoms with Crippen LogP contribution in [-0.2, 0) is 6.42 Å². The van der Waals surface area contributed by atoms with Crippen molar-refractivity contribution in [3.05, 3.63) is 29.3 Å². The Kier molecular flexibility index (Phi) is 2.47. The monoisotopic (exact) mass is 205 g/mol. The zero-order chi connectivity index (χ0) is 11.1. The van der Waals surface area contributed by atoms with Gasteiger partial charge in [0.15, 0.2) is 0 Å². The number of benzene rings is 1. The van der Waals surface area contributed by atoms with E-state index in [4.69, 9.17) is 10.5 Å². The second kappa shape index (κ2) is 3.53. The molecule has 15 heavy (non-hydrogen) atoms. The van der Waals surface area contributed by atoms with Crippen molar-refractivity contribution in [2.45, 2.75) is 32.7 Å². The Morgan fingerprint density at radius 2 is 2.13 bits per heavy atom. The summed E-state index contributed by atoms with van der Waals surface area (Å²) in [4.78, 5) is 0. The number of ether oxygens (including phenoxy) is 1. The van der Waals surface area contributed by atoms with Gasteiger partial charge < -0.3 is 10.5 Å². The number of nitrogens with two attached hydrogens (primary N) is 1. The van der Waals surface area contributed by atoms with Crippen LogP contribution in [0, 0.1) is 5.41 Å². The minimum Gasteiger partial charge on any atom is -0.497 e. The molecule has 0 aromatic heterocycles. The van der Waals surface area contributed by atoms with Gasteiger partial charge >= 0.3 is 0 Å². The van der Waals surface area contributed by atoms with E-state index >= 15 is 0 Å². The summed E-state index contributed by atoms with van der Waals surface area (Å²) < 4.78 is 5.23. The summed E-state index contributed by atoms with van der Waals surface area (Å²) in [5, 5.41) is 0. The summed E-state index contributed by atoms with van der Waals surface area (Å²) in [5.41, 5.74) is 9.14. The molecule has 1 aliphatic rings. The quantitative estimate of drug-likeness (QED) is 0.765. The molecule has 1 unspecified atom stereocenters. The fraction of sp³-hybridized carbons (Fsp3) is 0.538. The Labute approximate surface area is 91.4 Å². The second-order valence-corrected chi connectivity index (χ2v) is 5.22. The Morgan fingerprint density at radius 3 is 2.80 bits per heavy atom. The van der Waals surface area contributed by atoms with E-state index in [1.54, 1.807) is 7.11 Å². The summed E-state index contributed by atoms with van der Waals surface area (Å²) in [6, 6.07) is 6.40. The van der Waals surface area contributed by atoms with Crippen LogP contribution in [0.4, 0.5) is 0 Å². The molecule has 1 aliphatic carbocycles. The molecule has 2 heteroatoms. The third-order valence-electron chi connectivity index (χ3n) is 3.19. The first-order valence-corrected chi connectivity index (χ1v) is 5.44. The Hall–Kier alpha value is -1.02. The zero-order valence-electron chi connectivity index (χ0n) is 9.71. The van der Waals surface area contributed by atoms with Crippen molar-refractivity contribution in [1.82, 2.24) is 0 Å². The maximum absolute atomic E-state index is 6.19. The highest BCUT2D eigenvalue weighted by Crippen LogP contribution is 2.40. The van der Waals surface area contributed by atoms with Crippen LogP contribution in [0.3, 0.4) is 0 Å². The lowest BCUT2D eigenvalue weighted by Crippen LogP contribution is -2.29. The molecule has 2 nitrogen and oxygen atoms in total. The van der Waals surface area contributed by atoms with Crippen LogP contribution >= 0.6 is 0 Å². The van der Waals surface area contributed by atoms with Gasteiger partial charge in [-0.25, -0.2) is 0 Å². The smallest absolute Gasteiger partial charge is 0.119 e. The molecular weight excluding hydrogens is 186 g/mol. The summed E-state index contributed by atoms with van der Waals surface area (Å²) in [5.74, 6) is 0.906. The molecule has 82 valence electrons. The normalized spacial score (nSPS) is 23.3. The lowest BCUT2D eigenvalue weighted by Gasteiger charge is -2.35. The van der Waals surface area contributed by atoms with Gasteiger partial charge in [0, 0.05) is 6.04 Å². The highest BCUT2D eigenvalue weighted by Gasteiger charge is 2.30. The molecule has 0 saturated carbocycles. The van der Waals surface area contributed by atoms with Gasteiger partial charge in [0.25, 0.3) is 0 Å². The van der Waals surface area contributed by atoms with Gasteiger partial charge in [-0.3, -0.25) is 0 Å². The van der Waals surface area contributed by atoms with E-state index in [-0.39, 0.29) is 6.04 Å². The average molecular weight is 205 g/mol. The minimum atomic E-state index is 0.152. The van der Waals surface area contributed by atoms with Crippen LogP contribution in [-0.4, -0.2) is 7.11 Å². The summed E-state index contributed by atoms with van der Waals surface area (Å²) in [6.07, 6.45) is 2.16. The fourth-order valence-corrected chi connectivity index (χ4v) is 2.50. The van der Waals surface area contributed by atoms with E-state index in [2.05, 4.69) is 26.0 Å². The minimum absolute atomic E-state index is 0.152. The molecule has 0 radical (unpaired) electrons. The molecule has 0 bridgehead atoms. The van der Waals surface area contributed by atoms with Gasteiger partial charge in [-0.1, -0.05) is 19.9 Å². The maximum atomic E-state index is 6.19. The fourth-order valence-electron chi connectivity index (χ4n) is 2.50. The van der Waals surface area contributed by atoms with Crippen LogP contribution in [0.2, 0.25) is 0 Å². The summed E-state index contributed by atoms with van der Waals surface area (Å²) in [6.45, 7) is 4.56. The molecule has 0 fully saturated rings.